The fourth-order valence-corrected chi connectivity index (χ4v) is 2.50. The maximum absolute atomic E-state index is 4.30. The van der Waals surface area contributed by atoms with E-state index in [2.05, 4.69) is 45.2 Å². The average molecular weight is 245 g/mol. The van der Waals surface area contributed by atoms with E-state index < -0.39 is 0 Å². The van der Waals surface area contributed by atoms with Gasteiger partial charge in [0.25, 0.3) is 0 Å². The lowest BCUT2D eigenvalue weighted by Gasteiger charge is -2.26. The van der Waals surface area contributed by atoms with E-state index in [9.17, 15) is 0 Å². The third-order valence-corrected chi connectivity index (χ3v) is 3.94. The van der Waals surface area contributed by atoms with Crippen molar-refractivity contribution in [3.8, 4) is 0 Å². The van der Waals surface area contributed by atoms with Gasteiger partial charge < -0.3 is 4.90 Å². The SMILES string of the molecule is CCC(CC)CN(CC)CCC(C)CCS. The van der Waals surface area contributed by atoms with Crippen molar-refractivity contribution in [1.82, 2.24) is 4.90 Å². The largest absolute Gasteiger partial charge is 0.303 e. The minimum absolute atomic E-state index is 0.827. The van der Waals surface area contributed by atoms with E-state index in [0.29, 0.717) is 0 Å². The van der Waals surface area contributed by atoms with Gasteiger partial charge in [-0.2, -0.15) is 12.6 Å². The molecule has 2 heteroatoms. The molecule has 0 fully saturated rings. The number of rotatable bonds is 10. The van der Waals surface area contributed by atoms with Crippen LogP contribution in [0.2, 0.25) is 0 Å². The first-order valence-electron chi connectivity index (χ1n) is 7.00. The minimum atomic E-state index is 0.827. The predicted octanol–water partition coefficient (Wildman–Crippen LogP) is 4.09. The molecule has 1 nitrogen and oxygen atoms in total. The van der Waals surface area contributed by atoms with Gasteiger partial charge in [0.1, 0.15) is 0 Å². The normalized spacial score (nSPS) is 13.7. The number of nitrogens with zero attached hydrogens (tertiary/aromatic N) is 1. The van der Waals surface area contributed by atoms with Crippen LogP contribution in [0.4, 0.5) is 0 Å². The van der Waals surface area contributed by atoms with Crippen molar-refractivity contribution in [3.63, 3.8) is 0 Å². The van der Waals surface area contributed by atoms with E-state index in [-0.39, 0.29) is 0 Å². The Hall–Kier alpha value is 0.310. The molecule has 0 aliphatic carbocycles. The van der Waals surface area contributed by atoms with Crippen LogP contribution in [-0.4, -0.2) is 30.3 Å². The topological polar surface area (TPSA) is 3.24 Å². The smallest absolute Gasteiger partial charge is 0.000934 e. The Balaban J connectivity index is 3.81. The second kappa shape index (κ2) is 10.5. The lowest BCUT2D eigenvalue weighted by molar-refractivity contribution is 0.219. The van der Waals surface area contributed by atoms with Crippen LogP contribution in [0.5, 0.6) is 0 Å². The monoisotopic (exact) mass is 245 g/mol. The summed E-state index contributed by atoms with van der Waals surface area (Å²) < 4.78 is 0. The molecular formula is C14H31NS. The zero-order valence-electron chi connectivity index (χ0n) is 11.7. The fraction of sp³-hybridized carbons (Fsp3) is 1.00. The Morgan fingerprint density at radius 2 is 1.69 bits per heavy atom. The van der Waals surface area contributed by atoms with Crippen molar-refractivity contribution in [3.05, 3.63) is 0 Å². The highest BCUT2D eigenvalue weighted by Crippen LogP contribution is 2.13. The van der Waals surface area contributed by atoms with Gasteiger partial charge in [0.05, 0.1) is 0 Å². The molecule has 0 aromatic carbocycles. The molecule has 0 rings (SSSR count). The Bertz CT molecular complexity index is 146. The second-order valence-electron chi connectivity index (χ2n) is 4.98. The summed E-state index contributed by atoms with van der Waals surface area (Å²) in [6.45, 7) is 13.0. The van der Waals surface area contributed by atoms with Crippen molar-refractivity contribution in [2.45, 2.75) is 53.4 Å². The summed E-state index contributed by atoms with van der Waals surface area (Å²) in [5.41, 5.74) is 0. The van der Waals surface area contributed by atoms with Crippen LogP contribution in [0.3, 0.4) is 0 Å². The molecule has 0 N–H and O–H groups in total. The van der Waals surface area contributed by atoms with Crippen molar-refractivity contribution in [2.75, 3.05) is 25.4 Å². The third-order valence-electron chi connectivity index (χ3n) is 3.68. The lowest BCUT2D eigenvalue weighted by Crippen LogP contribution is -2.31. The highest BCUT2D eigenvalue weighted by molar-refractivity contribution is 7.80. The molecule has 0 heterocycles. The molecule has 0 bridgehead atoms. The van der Waals surface area contributed by atoms with E-state index in [1.165, 1.54) is 45.3 Å². The summed E-state index contributed by atoms with van der Waals surface area (Å²) in [5, 5.41) is 0. The Labute approximate surface area is 108 Å². The van der Waals surface area contributed by atoms with Crippen molar-refractivity contribution >= 4 is 12.6 Å². The number of thiol groups is 1. The maximum Gasteiger partial charge on any atom is 0.000934 e. The van der Waals surface area contributed by atoms with Gasteiger partial charge in [-0.25, -0.2) is 0 Å². The van der Waals surface area contributed by atoms with E-state index in [0.717, 1.165) is 17.6 Å². The maximum atomic E-state index is 4.30. The summed E-state index contributed by atoms with van der Waals surface area (Å²) in [6.07, 6.45) is 5.22. The molecule has 0 amide bonds. The minimum Gasteiger partial charge on any atom is -0.303 e. The quantitative estimate of drug-likeness (QED) is 0.567. The van der Waals surface area contributed by atoms with Gasteiger partial charge >= 0.3 is 0 Å². The molecule has 0 radical (unpaired) electrons. The molecule has 0 aromatic rings. The van der Waals surface area contributed by atoms with Crippen molar-refractivity contribution < 1.29 is 0 Å². The molecule has 0 saturated heterocycles. The first kappa shape index (κ1) is 16.3. The van der Waals surface area contributed by atoms with Crippen LogP contribution in [0.1, 0.15) is 53.4 Å². The highest BCUT2D eigenvalue weighted by Gasteiger charge is 2.10. The Kier molecular flexibility index (Phi) is 10.7. The van der Waals surface area contributed by atoms with Gasteiger partial charge in [-0.3, -0.25) is 0 Å². The summed E-state index contributed by atoms with van der Waals surface area (Å²) in [7, 11) is 0. The van der Waals surface area contributed by atoms with Crippen LogP contribution in [0.25, 0.3) is 0 Å². The van der Waals surface area contributed by atoms with Gasteiger partial charge in [0.2, 0.25) is 0 Å². The molecule has 98 valence electrons. The molecule has 0 saturated carbocycles. The molecule has 0 aliphatic rings. The second-order valence-corrected chi connectivity index (χ2v) is 5.43. The van der Waals surface area contributed by atoms with Crippen molar-refractivity contribution in [1.29, 1.82) is 0 Å². The summed E-state index contributed by atoms with van der Waals surface area (Å²) in [4.78, 5) is 2.62. The molecule has 1 atom stereocenters. The standard InChI is InChI=1S/C14H31NS/c1-5-14(6-2)12-15(7-3)10-8-13(4)9-11-16/h13-14,16H,5-12H2,1-4H3. The van der Waals surface area contributed by atoms with Crippen molar-refractivity contribution in [2.24, 2.45) is 11.8 Å². The van der Waals surface area contributed by atoms with Gasteiger partial charge in [0, 0.05) is 6.54 Å². The van der Waals surface area contributed by atoms with Crippen LogP contribution >= 0.6 is 12.6 Å². The summed E-state index contributed by atoms with van der Waals surface area (Å²) in [6, 6.07) is 0. The van der Waals surface area contributed by atoms with Crippen LogP contribution in [0.15, 0.2) is 0 Å². The van der Waals surface area contributed by atoms with E-state index in [1.54, 1.807) is 0 Å². The number of hydrogen-bond donors (Lipinski definition) is 1. The number of hydrogen-bond acceptors (Lipinski definition) is 2. The molecule has 16 heavy (non-hydrogen) atoms. The molecule has 0 aliphatic heterocycles. The zero-order chi connectivity index (χ0) is 12.4. The van der Waals surface area contributed by atoms with E-state index >= 15 is 0 Å². The van der Waals surface area contributed by atoms with Crippen LogP contribution < -0.4 is 0 Å². The Morgan fingerprint density at radius 3 is 2.12 bits per heavy atom. The first-order valence-corrected chi connectivity index (χ1v) is 7.64. The fourth-order valence-electron chi connectivity index (χ4n) is 2.06. The summed E-state index contributed by atoms with van der Waals surface area (Å²) in [5.74, 6) is 2.74. The Morgan fingerprint density at radius 1 is 1.06 bits per heavy atom. The zero-order valence-corrected chi connectivity index (χ0v) is 12.6. The predicted molar refractivity (Wildman–Crippen MR) is 78.4 cm³/mol. The van der Waals surface area contributed by atoms with E-state index in [4.69, 9.17) is 0 Å². The van der Waals surface area contributed by atoms with Crippen LogP contribution in [0, 0.1) is 11.8 Å². The summed E-state index contributed by atoms with van der Waals surface area (Å²) >= 11 is 4.30. The molecule has 1 unspecified atom stereocenters. The van der Waals surface area contributed by atoms with Gasteiger partial charge in [-0.05, 0) is 43.5 Å². The highest BCUT2D eigenvalue weighted by atomic mass is 32.1. The van der Waals surface area contributed by atoms with E-state index in [1.807, 2.05) is 0 Å². The first-order chi connectivity index (χ1) is 7.67. The lowest BCUT2D eigenvalue weighted by atomic mass is 10.0. The third kappa shape index (κ3) is 7.56. The molecule has 0 aromatic heterocycles. The van der Waals surface area contributed by atoms with Gasteiger partial charge in [-0.15, -0.1) is 0 Å². The molecule has 0 spiro atoms. The molecular weight excluding hydrogens is 214 g/mol. The average Bonchev–Trinajstić information content (AvgIpc) is 2.30. The van der Waals surface area contributed by atoms with Gasteiger partial charge in [0.15, 0.2) is 0 Å². The van der Waals surface area contributed by atoms with Crippen LogP contribution in [-0.2, 0) is 0 Å². The van der Waals surface area contributed by atoms with Gasteiger partial charge in [-0.1, -0.05) is 40.5 Å².